The summed E-state index contributed by atoms with van der Waals surface area (Å²) in [6.45, 7) is 11.1. The first kappa shape index (κ1) is 17.4. The molecule has 0 aliphatic carbocycles. The molecule has 0 amide bonds. The Morgan fingerprint density at radius 1 is 1.00 bits per heavy atom. The topological polar surface area (TPSA) is 24.1 Å². The molecule has 1 aromatic rings. The number of hydrogen-bond acceptors (Lipinski definition) is 3. The van der Waals surface area contributed by atoms with E-state index in [4.69, 9.17) is 0 Å². The van der Waals surface area contributed by atoms with Crippen LogP contribution in [0.2, 0.25) is 0 Å². The second kappa shape index (κ2) is 8.58. The van der Waals surface area contributed by atoms with E-state index in [0.29, 0.717) is 22.6 Å². The third kappa shape index (κ3) is 6.19. The van der Waals surface area contributed by atoms with E-state index in [1.54, 1.807) is 0 Å². The smallest absolute Gasteiger partial charge is 0.0342 e. The Hall–Kier alpha value is -0.670. The molecule has 20 heavy (non-hydrogen) atoms. The Morgan fingerprint density at radius 3 is 2.05 bits per heavy atom. The van der Waals surface area contributed by atoms with Crippen molar-refractivity contribution >= 4 is 17.4 Å². The van der Waals surface area contributed by atoms with Crippen LogP contribution in [-0.4, -0.2) is 24.4 Å². The van der Waals surface area contributed by atoms with E-state index >= 15 is 0 Å². The summed E-state index contributed by atoms with van der Waals surface area (Å²) in [6.07, 6.45) is 1.16. The fraction of sp³-hybridized carbons (Fsp3) is 0.647. The first-order chi connectivity index (χ1) is 9.42. The van der Waals surface area contributed by atoms with Crippen molar-refractivity contribution < 1.29 is 0 Å². The molecule has 114 valence electrons. The van der Waals surface area contributed by atoms with Crippen LogP contribution in [0.3, 0.4) is 0 Å². The highest BCUT2D eigenvalue weighted by Gasteiger charge is 2.16. The summed E-state index contributed by atoms with van der Waals surface area (Å²) in [5.74, 6) is 0. The van der Waals surface area contributed by atoms with Gasteiger partial charge in [-0.3, -0.25) is 0 Å². The quantitative estimate of drug-likeness (QED) is 0.727. The number of benzene rings is 1. The molecule has 3 heteroatoms. The highest BCUT2D eigenvalue weighted by Crippen LogP contribution is 2.36. The number of thioether (sulfide) groups is 1. The molecule has 0 saturated heterocycles. The largest absolute Gasteiger partial charge is 0.383 e. The summed E-state index contributed by atoms with van der Waals surface area (Å²) in [5.41, 5.74) is 2.64. The lowest BCUT2D eigenvalue weighted by molar-refractivity contribution is 0.559. The zero-order valence-electron chi connectivity index (χ0n) is 13.7. The molecule has 2 N–H and O–H groups in total. The Bertz CT molecular complexity index is 373. The Balaban J connectivity index is 2.79. The van der Waals surface area contributed by atoms with Gasteiger partial charge in [-0.1, -0.05) is 26.0 Å². The van der Waals surface area contributed by atoms with Crippen LogP contribution < -0.4 is 10.6 Å². The summed E-state index contributed by atoms with van der Waals surface area (Å²) in [6, 6.07) is 9.96. The van der Waals surface area contributed by atoms with Gasteiger partial charge in [-0.05, 0) is 57.2 Å². The van der Waals surface area contributed by atoms with Crippen LogP contribution in [0.4, 0.5) is 5.69 Å². The van der Waals surface area contributed by atoms with E-state index in [2.05, 4.69) is 81.3 Å². The monoisotopic (exact) mass is 294 g/mol. The Kier molecular flexibility index (Phi) is 7.46. The maximum absolute atomic E-state index is 3.44. The fourth-order valence-corrected chi connectivity index (χ4v) is 3.54. The highest BCUT2D eigenvalue weighted by atomic mass is 32.2. The SMILES string of the molecule is CNC(C)CC(SC(C)C)c1ccc(NC(C)C)cc1. The van der Waals surface area contributed by atoms with Crippen LogP contribution in [0.1, 0.15) is 51.9 Å². The Labute approximate surface area is 129 Å². The predicted octanol–water partition coefficient (Wildman–Crippen LogP) is 4.69. The van der Waals surface area contributed by atoms with Gasteiger partial charge in [0.15, 0.2) is 0 Å². The third-order valence-electron chi connectivity index (χ3n) is 3.23. The fourth-order valence-electron chi connectivity index (χ4n) is 2.17. The third-order valence-corrected chi connectivity index (χ3v) is 4.57. The summed E-state index contributed by atoms with van der Waals surface area (Å²) >= 11 is 2.06. The van der Waals surface area contributed by atoms with Gasteiger partial charge in [0.1, 0.15) is 0 Å². The first-order valence-electron chi connectivity index (χ1n) is 7.61. The number of rotatable bonds is 8. The molecule has 0 saturated carbocycles. The molecule has 1 aromatic carbocycles. The molecular weight excluding hydrogens is 264 g/mol. The molecule has 0 aromatic heterocycles. The zero-order valence-corrected chi connectivity index (χ0v) is 14.6. The van der Waals surface area contributed by atoms with Crippen LogP contribution in [0.15, 0.2) is 24.3 Å². The van der Waals surface area contributed by atoms with Crippen molar-refractivity contribution in [2.45, 2.75) is 63.6 Å². The summed E-state index contributed by atoms with van der Waals surface area (Å²) in [5, 5.41) is 8.01. The zero-order chi connectivity index (χ0) is 15.1. The Morgan fingerprint density at radius 2 is 1.60 bits per heavy atom. The normalized spacial score (nSPS) is 14.6. The maximum atomic E-state index is 3.44. The number of hydrogen-bond donors (Lipinski definition) is 2. The van der Waals surface area contributed by atoms with E-state index in [-0.39, 0.29) is 0 Å². The highest BCUT2D eigenvalue weighted by molar-refractivity contribution is 8.00. The average molecular weight is 295 g/mol. The van der Waals surface area contributed by atoms with Gasteiger partial charge in [-0.25, -0.2) is 0 Å². The van der Waals surface area contributed by atoms with E-state index in [0.717, 1.165) is 6.42 Å². The standard InChI is InChI=1S/C17H30N2S/c1-12(2)19-16-9-7-15(8-10-16)17(20-13(3)4)11-14(5)18-6/h7-10,12-14,17-19H,11H2,1-6H3. The lowest BCUT2D eigenvalue weighted by atomic mass is 10.1. The molecule has 2 nitrogen and oxygen atoms in total. The molecule has 0 heterocycles. The van der Waals surface area contributed by atoms with Gasteiger partial charge >= 0.3 is 0 Å². The van der Waals surface area contributed by atoms with Crippen LogP contribution in [0.5, 0.6) is 0 Å². The summed E-state index contributed by atoms with van der Waals surface area (Å²) in [7, 11) is 2.04. The van der Waals surface area contributed by atoms with Crippen LogP contribution in [-0.2, 0) is 0 Å². The van der Waals surface area contributed by atoms with Gasteiger partial charge in [-0.2, -0.15) is 11.8 Å². The van der Waals surface area contributed by atoms with Crippen LogP contribution in [0, 0.1) is 0 Å². The van der Waals surface area contributed by atoms with Gasteiger partial charge in [0.05, 0.1) is 0 Å². The van der Waals surface area contributed by atoms with Crippen LogP contribution in [0.25, 0.3) is 0 Å². The van der Waals surface area contributed by atoms with Crippen molar-refractivity contribution in [1.82, 2.24) is 5.32 Å². The summed E-state index contributed by atoms with van der Waals surface area (Å²) < 4.78 is 0. The van der Waals surface area contributed by atoms with Crippen molar-refractivity contribution in [3.63, 3.8) is 0 Å². The molecule has 2 unspecified atom stereocenters. The molecule has 0 spiro atoms. The van der Waals surface area contributed by atoms with Gasteiger partial charge < -0.3 is 10.6 Å². The van der Waals surface area contributed by atoms with Crippen LogP contribution >= 0.6 is 11.8 Å². The molecule has 1 rings (SSSR count). The van der Waals surface area contributed by atoms with Crippen molar-refractivity contribution in [3.8, 4) is 0 Å². The minimum atomic E-state index is 0.478. The van der Waals surface area contributed by atoms with Crippen molar-refractivity contribution in [2.24, 2.45) is 0 Å². The molecule has 0 bridgehead atoms. The van der Waals surface area contributed by atoms with E-state index in [1.807, 2.05) is 7.05 Å². The van der Waals surface area contributed by atoms with Gasteiger partial charge in [0.25, 0.3) is 0 Å². The molecule has 2 atom stereocenters. The minimum Gasteiger partial charge on any atom is -0.383 e. The lowest BCUT2D eigenvalue weighted by Crippen LogP contribution is -2.23. The lowest BCUT2D eigenvalue weighted by Gasteiger charge is -2.23. The molecule has 0 radical (unpaired) electrons. The summed E-state index contributed by atoms with van der Waals surface area (Å²) in [4.78, 5) is 0. The van der Waals surface area contributed by atoms with E-state index in [9.17, 15) is 0 Å². The van der Waals surface area contributed by atoms with Gasteiger partial charge in [-0.15, -0.1) is 0 Å². The second-order valence-corrected chi connectivity index (χ2v) is 7.80. The van der Waals surface area contributed by atoms with E-state index in [1.165, 1.54) is 11.3 Å². The van der Waals surface area contributed by atoms with Crippen molar-refractivity contribution in [3.05, 3.63) is 29.8 Å². The minimum absolute atomic E-state index is 0.478. The first-order valence-corrected chi connectivity index (χ1v) is 8.55. The number of anilines is 1. The molecular formula is C17H30N2S. The molecule has 0 fully saturated rings. The van der Waals surface area contributed by atoms with Crippen molar-refractivity contribution in [1.29, 1.82) is 0 Å². The maximum Gasteiger partial charge on any atom is 0.0342 e. The number of nitrogens with one attached hydrogen (secondary N) is 2. The van der Waals surface area contributed by atoms with Gasteiger partial charge in [0.2, 0.25) is 0 Å². The average Bonchev–Trinajstić information content (AvgIpc) is 2.37. The van der Waals surface area contributed by atoms with E-state index < -0.39 is 0 Å². The second-order valence-electron chi connectivity index (χ2n) is 6.02. The predicted molar refractivity (Wildman–Crippen MR) is 93.8 cm³/mol. The van der Waals surface area contributed by atoms with Gasteiger partial charge in [0, 0.05) is 23.0 Å². The molecule has 0 aliphatic heterocycles. The van der Waals surface area contributed by atoms with Crippen molar-refractivity contribution in [2.75, 3.05) is 12.4 Å². The molecule has 0 aliphatic rings.